The Kier molecular flexibility index (Phi) is 3.80. The molecule has 0 aliphatic heterocycles. The molecule has 0 spiro atoms. The van der Waals surface area contributed by atoms with Gasteiger partial charge in [-0.3, -0.25) is 4.79 Å². The summed E-state index contributed by atoms with van der Waals surface area (Å²) in [6.07, 6.45) is 4.26. The predicted octanol–water partition coefficient (Wildman–Crippen LogP) is 1.17. The number of aromatic nitrogens is 3. The summed E-state index contributed by atoms with van der Waals surface area (Å²) in [5, 5.41) is 2.61. The van der Waals surface area contributed by atoms with Crippen LogP contribution in [0.3, 0.4) is 0 Å². The molecule has 0 fully saturated rings. The fourth-order valence-electron chi connectivity index (χ4n) is 1.17. The van der Waals surface area contributed by atoms with Crippen molar-refractivity contribution in [3.8, 4) is 0 Å². The van der Waals surface area contributed by atoms with Gasteiger partial charge in [-0.1, -0.05) is 0 Å². The van der Waals surface area contributed by atoms with Crippen LogP contribution in [0.1, 0.15) is 10.5 Å². The van der Waals surface area contributed by atoms with Crippen LogP contribution in [0.15, 0.2) is 35.2 Å². The van der Waals surface area contributed by atoms with Crippen molar-refractivity contribution in [3.05, 3.63) is 40.9 Å². The first kappa shape index (κ1) is 12.4. The molecule has 2 heterocycles. The molecule has 92 valence electrons. The minimum atomic E-state index is -0.398. The third-order valence-electron chi connectivity index (χ3n) is 2.02. The maximum atomic E-state index is 11.8. The summed E-state index contributed by atoms with van der Waals surface area (Å²) in [5.41, 5.74) is 2.50. The Hall–Kier alpha value is -2.06. The molecule has 1 amide bonds. The van der Waals surface area contributed by atoms with Gasteiger partial charge < -0.3 is 10.7 Å². The summed E-state index contributed by atoms with van der Waals surface area (Å²) < 4.78 is 0.687. The minimum Gasteiger partial charge on any atom is -0.307 e. The van der Waals surface area contributed by atoms with Crippen LogP contribution in [-0.4, -0.2) is 20.9 Å². The van der Waals surface area contributed by atoms with E-state index in [9.17, 15) is 4.79 Å². The van der Waals surface area contributed by atoms with Crippen molar-refractivity contribution in [2.45, 2.75) is 0 Å². The zero-order valence-electron chi connectivity index (χ0n) is 9.09. The molecule has 0 aromatic carbocycles. The first-order chi connectivity index (χ1) is 8.70. The number of hydrogen-bond donors (Lipinski definition) is 3. The number of nitrogens with zero attached hydrogens (tertiary/aromatic N) is 3. The fourth-order valence-corrected chi connectivity index (χ4v) is 1.52. The Morgan fingerprint density at radius 2 is 2.11 bits per heavy atom. The van der Waals surface area contributed by atoms with E-state index < -0.39 is 5.91 Å². The van der Waals surface area contributed by atoms with Crippen molar-refractivity contribution in [3.63, 3.8) is 0 Å². The number of nitrogen functional groups attached to an aromatic ring is 1. The lowest BCUT2D eigenvalue weighted by Crippen LogP contribution is -2.16. The van der Waals surface area contributed by atoms with Crippen molar-refractivity contribution in [2.24, 2.45) is 5.84 Å². The molecule has 0 aliphatic carbocycles. The maximum Gasteiger partial charge on any atom is 0.277 e. The summed E-state index contributed by atoms with van der Waals surface area (Å²) in [7, 11) is 0. The molecule has 8 heteroatoms. The third kappa shape index (κ3) is 2.79. The quantitative estimate of drug-likeness (QED) is 0.580. The molecule has 0 bridgehead atoms. The summed E-state index contributed by atoms with van der Waals surface area (Å²) in [6, 6.07) is 3.52. The molecule has 18 heavy (non-hydrogen) atoms. The van der Waals surface area contributed by atoms with Crippen molar-refractivity contribution in [1.82, 2.24) is 15.0 Å². The summed E-state index contributed by atoms with van der Waals surface area (Å²) in [5.74, 6) is 5.55. The van der Waals surface area contributed by atoms with E-state index in [1.165, 1.54) is 12.4 Å². The third-order valence-corrected chi connectivity index (χ3v) is 2.66. The van der Waals surface area contributed by atoms with E-state index in [1.54, 1.807) is 18.3 Å². The Morgan fingerprint density at radius 1 is 1.28 bits per heavy atom. The number of rotatable bonds is 3. The van der Waals surface area contributed by atoms with Crippen LogP contribution in [0.5, 0.6) is 0 Å². The predicted molar refractivity (Wildman–Crippen MR) is 69.7 cm³/mol. The van der Waals surface area contributed by atoms with Gasteiger partial charge in [-0.2, -0.15) is 0 Å². The highest BCUT2D eigenvalue weighted by molar-refractivity contribution is 9.10. The minimum absolute atomic E-state index is 0.173. The number of anilines is 2. The molecule has 0 unspecified atom stereocenters. The van der Waals surface area contributed by atoms with Gasteiger partial charge in [0.25, 0.3) is 5.91 Å². The Labute approximate surface area is 111 Å². The zero-order chi connectivity index (χ0) is 13.0. The SMILES string of the molecule is NNc1cnc(C(=O)Nc2ncccc2Br)cn1. The van der Waals surface area contributed by atoms with E-state index in [2.05, 4.69) is 41.6 Å². The van der Waals surface area contributed by atoms with E-state index in [0.717, 1.165) is 0 Å². The monoisotopic (exact) mass is 308 g/mol. The van der Waals surface area contributed by atoms with Crippen LogP contribution in [0.4, 0.5) is 11.6 Å². The summed E-state index contributed by atoms with van der Waals surface area (Å²) in [4.78, 5) is 23.7. The van der Waals surface area contributed by atoms with Gasteiger partial charge in [0.15, 0.2) is 5.82 Å². The Balaban J connectivity index is 2.14. The van der Waals surface area contributed by atoms with Gasteiger partial charge in [-0.05, 0) is 28.1 Å². The smallest absolute Gasteiger partial charge is 0.277 e. The molecule has 0 saturated carbocycles. The molecule has 0 atom stereocenters. The lowest BCUT2D eigenvalue weighted by Gasteiger charge is -2.05. The second kappa shape index (κ2) is 5.52. The number of halogens is 1. The number of nitrogens with two attached hydrogens (primary N) is 1. The van der Waals surface area contributed by atoms with Gasteiger partial charge in [0.2, 0.25) is 0 Å². The van der Waals surface area contributed by atoms with Gasteiger partial charge in [-0.15, -0.1) is 0 Å². The second-order valence-electron chi connectivity index (χ2n) is 3.22. The van der Waals surface area contributed by atoms with Gasteiger partial charge in [-0.25, -0.2) is 20.8 Å². The van der Waals surface area contributed by atoms with Crippen LogP contribution >= 0.6 is 15.9 Å². The largest absolute Gasteiger partial charge is 0.307 e. The van der Waals surface area contributed by atoms with Crippen molar-refractivity contribution >= 4 is 33.5 Å². The Morgan fingerprint density at radius 3 is 2.72 bits per heavy atom. The van der Waals surface area contributed by atoms with Crippen molar-refractivity contribution in [2.75, 3.05) is 10.7 Å². The van der Waals surface area contributed by atoms with Crippen molar-refractivity contribution in [1.29, 1.82) is 0 Å². The van der Waals surface area contributed by atoms with Crippen LogP contribution in [0.25, 0.3) is 0 Å². The van der Waals surface area contributed by atoms with Gasteiger partial charge >= 0.3 is 0 Å². The number of hydrogen-bond acceptors (Lipinski definition) is 6. The normalized spacial score (nSPS) is 9.89. The Bertz CT molecular complexity index is 559. The number of pyridine rings is 1. The lowest BCUT2D eigenvalue weighted by atomic mass is 10.4. The van der Waals surface area contributed by atoms with E-state index in [1.807, 2.05) is 0 Å². The van der Waals surface area contributed by atoms with Crippen LogP contribution < -0.4 is 16.6 Å². The van der Waals surface area contributed by atoms with E-state index in [0.29, 0.717) is 16.1 Å². The van der Waals surface area contributed by atoms with E-state index in [-0.39, 0.29) is 5.69 Å². The molecule has 2 aromatic rings. The molecule has 4 N–H and O–H groups in total. The highest BCUT2D eigenvalue weighted by Gasteiger charge is 2.10. The molecular weight excluding hydrogens is 300 g/mol. The second-order valence-corrected chi connectivity index (χ2v) is 4.07. The molecule has 0 radical (unpaired) electrons. The average Bonchev–Trinajstić information content (AvgIpc) is 2.41. The standard InChI is InChI=1S/C10H9BrN6O/c11-6-2-1-3-13-9(6)16-10(18)7-4-15-8(17-12)5-14-7/h1-5H,12H2,(H,15,17)(H,13,16,18). The molecule has 0 aliphatic rings. The van der Waals surface area contributed by atoms with Crippen molar-refractivity contribution < 1.29 is 4.79 Å². The van der Waals surface area contributed by atoms with Gasteiger partial charge in [0.05, 0.1) is 16.9 Å². The number of carbonyl (C=O) groups is 1. The van der Waals surface area contributed by atoms with Crippen LogP contribution in [0, 0.1) is 0 Å². The number of nitrogens with one attached hydrogen (secondary N) is 2. The molecule has 2 rings (SSSR count). The first-order valence-electron chi connectivity index (χ1n) is 4.91. The molecule has 0 saturated heterocycles. The summed E-state index contributed by atoms with van der Waals surface area (Å²) in [6.45, 7) is 0. The highest BCUT2D eigenvalue weighted by Crippen LogP contribution is 2.18. The van der Waals surface area contributed by atoms with Crippen LogP contribution in [-0.2, 0) is 0 Å². The van der Waals surface area contributed by atoms with E-state index >= 15 is 0 Å². The average molecular weight is 309 g/mol. The lowest BCUT2D eigenvalue weighted by molar-refractivity contribution is 0.102. The summed E-state index contributed by atoms with van der Waals surface area (Å²) >= 11 is 3.28. The first-order valence-corrected chi connectivity index (χ1v) is 5.70. The molecule has 2 aromatic heterocycles. The van der Waals surface area contributed by atoms with Gasteiger partial charge in [0.1, 0.15) is 11.5 Å². The molecular formula is C10H9BrN6O. The maximum absolute atomic E-state index is 11.8. The van der Waals surface area contributed by atoms with E-state index in [4.69, 9.17) is 5.84 Å². The van der Waals surface area contributed by atoms with Gasteiger partial charge in [0, 0.05) is 6.20 Å². The molecule has 7 nitrogen and oxygen atoms in total. The zero-order valence-corrected chi connectivity index (χ0v) is 10.7. The topological polar surface area (TPSA) is 106 Å². The number of carbonyl (C=O) groups excluding carboxylic acids is 1. The highest BCUT2D eigenvalue weighted by atomic mass is 79.9. The number of hydrazine groups is 1. The number of amides is 1. The fraction of sp³-hybridized carbons (Fsp3) is 0. The van der Waals surface area contributed by atoms with Crippen LogP contribution in [0.2, 0.25) is 0 Å².